The molecule has 0 aliphatic rings. The molecule has 0 saturated heterocycles. The zero-order chi connectivity index (χ0) is 0. The fourth-order valence-corrected chi connectivity index (χ4v) is 0. The van der Waals surface area contributed by atoms with Crippen LogP contribution in [0.1, 0.15) is 0 Å². The standard InChI is InChI=1S/Cu.2Ti.W. The molecule has 0 atom stereocenters. The predicted molar refractivity (Wildman–Crippen MR) is 0 cm³/mol. The maximum atomic E-state index is 0. The van der Waals surface area contributed by atoms with Gasteiger partial charge in [0, 0.05) is 81.6 Å². The summed E-state index contributed by atoms with van der Waals surface area (Å²) in [6.07, 6.45) is 0. The van der Waals surface area contributed by atoms with E-state index >= 15 is 0 Å². The minimum Gasteiger partial charge on any atom is 0 e. The second-order valence-corrected chi connectivity index (χ2v) is 0. The van der Waals surface area contributed by atoms with Gasteiger partial charge >= 0.3 is 0 Å². The first-order chi connectivity index (χ1) is 0. The second-order valence-electron chi connectivity index (χ2n) is 0. The van der Waals surface area contributed by atoms with Crippen LogP contribution in [0.4, 0.5) is 0 Å². The van der Waals surface area contributed by atoms with Crippen molar-refractivity contribution < 1.29 is 81.6 Å². The van der Waals surface area contributed by atoms with Crippen LogP contribution in [-0.2, 0) is 81.6 Å². The molecule has 0 rings (SSSR count). The van der Waals surface area contributed by atoms with Gasteiger partial charge in [-0.2, -0.15) is 0 Å². The number of hydrogen-bond donors (Lipinski definition) is 0. The molecular formula is CuTi2W. The summed E-state index contributed by atoms with van der Waals surface area (Å²) in [7, 11) is 0. The summed E-state index contributed by atoms with van der Waals surface area (Å²) in [5.41, 5.74) is 0. The van der Waals surface area contributed by atoms with Crippen molar-refractivity contribution in [3.8, 4) is 0 Å². The Morgan fingerprint density at radius 1 is 0.750 bits per heavy atom. The van der Waals surface area contributed by atoms with Gasteiger partial charge in [-0.25, -0.2) is 0 Å². The van der Waals surface area contributed by atoms with Crippen LogP contribution in [0.25, 0.3) is 0 Å². The Bertz CT molecular complexity index is 6.00. The molecule has 4 heavy (non-hydrogen) atoms. The van der Waals surface area contributed by atoms with Gasteiger partial charge in [0.1, 0.15) is 0 Å². The van der Waals surface area contributed by atoms with Gasteiger partial charge in [0.2, 0.25) is 0 Å². The maximum Gasteiger partial charge on any atom is 0 e. The molecule has 0 unspecified atom stereocenters. The predicted octanol–water partition coefficient (Wildman–Crippen LogP) is -0.0100. The molecular weight excluding hydrogens is 343 g/mol. The zero-order valence-electron chi connectivity index (χ0n) is 1.71. The first-order valence-electron chi connectivity index (χ1n) is 0. The number of rotatable bonds is 0. The summed E-state index contributed by atoms with van der Waals surface area (Å²) < 4.78 is 0. The van der Waals surface area contributed by atoms with Crippen LogP contribution in [0, 0.1) is 0 Å². The maximum absolute atomic E-state index is 0. The van der Waals surface area contributed by atoms with Gasteiger partial charge in [0.05, 0.1) is 0 Å². The summed E-state index contributed by atoms with van der Waals surface area (Å²) in [5, 5.41) is 0. The van der Waals surface area contributed by atoms with Crippen LogP contribution in [0.3, 0.4) is 0 Å². The van der Waals surface area contributed by atoms with Gasteiger partial charge in [-0.15, -0.1) is 0 Å². The Morgan fingerprint density at radius 2 is 0.750 bits per heavy atom. The molecule has 0 heterocycles. The summed E-state index contributed by atoms with van der Waals surface area (Å²) in [5.74, 6) is 0. The van der Waals surface area contributed by atoms with Gasteiger partial charge < -0.3 is 0 Å². The molecule has 0 fully saturated rings. The molecule has 1 radical (unpaired) electrons. The van der Waals surface area contributed by atoms with Crippen molar-refractivity contribution in [2.75, 3.05) is 0 Å². The van der Waals surface area contributed by atoms with E-state index in [1.54, 1.807) is 0 Å². The van der Waals surface area contributed by atoms with Crippen molar-refractivity contribution in [1.29, 1.82) is 0 Å². The molecule has 0 N–H and O–H groups in total. The van der Waals surface area contributed by atoms with Crippen LogP contribution in [0.15, 0.2) is 0 Å². The van der Waals surface area contributed by atoms with E-state index in [-0.39, 0.29) is 81.6 Å². The van der Waals surface area contributed by atoms with E-state index in [1.807, 2.05) is 0 Å². The van der Waals surface area contributed by atoms with Crippen molar-refractivity contribution in [3.63, 3.8) is 0 Å². The quantitative estimate of drug-likeness (QED) is 0.543. The van der Waals surface area contributed by atoms with Crippen molar-refractivity contribution in [2.24, 2.45) is 0 Å². The Balaban J connectivity index is 0. The molecule has 0 spiro atoms. The first-order valence-corrected chi connectivity index (χ1v) is 0. The topological polar surface area (TPSA) is 0 Å². The Hall–Kier alpha value is 2.64. The van der Waals surface area contributed by atoms with Crippen molar-refractivity contribution in [2.45, 2.75) is 0 Å². The van der Waals surface area contributed by atoms with E-state index in [0.29, 0.717) is 0 Å². The van der Waals surface area contributed by atoms with Crippen molar-refractivity contribution in [1.82, 2.24) is 0 Å². The van der Waals surface area contributed by atoms with Gasteiger partial charge in [-0.3, -0.25) is 0 Å². The normalized spacial score (nSPS) is 0. The van der Waals surface area contributed by atoms with Crippen LogP contribution in [0.2, 0.25) is 0 Å². The third-order valence-electron chi connectivity index (χ3n) is 0. The van der Waals surface area contributed by atoms with Crippen LogP contribution in [0.5, 0.6) is 0 Å². The second kappa shape index (κ2) is 17.4. The van der Waals surface area contributed by atoms with Gasteiger partial charge in [0.25, 0.3) is 0 Å². The molecule has 4 heteroatoms. The molecule has 0 saturated carbocycles. The minimum absolute atomic E-state index is 0. The van der Waals surface area contributed by atoms with Crippen molar-refractivity contribution in [3.05, 3.63) is 0 Å². The Kier molecular flexibility index (Phi) is 132. The smallest absolute Gasteiger partial charge is 0 e. The van der Waals surface area contributed by atoms with Crippen LogP contribution >= 0.6 is 0 Å². The van der Waals surface area contributed by atoms with E-state index in [2.05, 4.69) is 0 Å². The molecule has 0 amide bonds. The molecule has 0 nitrogen and oxygen atoms in total. The molecule has 25 valence electrons. The monoisotopic (exact) mass is 343 g/mol. The molecule has 0 aromatic heterocycles. The first kappa shape index (κ1) is 30.3. The third kappa shape index (κ3) is 8.82. The molecule has 0 bridgehead atoms. The van der Waals surface area contributed by atoms with Gasteiger partial charge in [-0.05, 0) is 0 Å². The zero-order valence-corrected chi connectivity index (χ0v) is 8.71. The fraction of sp³-hybridized carbons (Fsp3) is 0. The largest absolute Gasteiger partial charge is 0 e. The van der Waals surface area contributed by atoms with Crippen LogP contribution < -0.4 is 0 Å². The molecule has 0 aromatic rings. The molecule has 0 aromatic carbocycles. The van der Waals surface area contributed by atoms with Crippen LogP contribution in [-0.4, -0.2) is 0 Å². The summed E-state index contributed by atoms with van der Waals surface area (Å²) >= 11 is 0. The van der Waals surface area contributed by atoms with E-state index in [4.69, 9.17) is 0 Å². The SMILES string of the molecule is [Cu].[Ti].[Ti].[W]. The third-order valence-corrected chi connectivity index (χ3v) is 0. The average Bonchev–Trinajstić information content (AvgIpc) is 0. The summed E-state index contributed by atoms with van der Waals surface area (Å²) in [6, 6.07) is 0. The summed E-state index contributed by atoms with van der Waals surface area (Å²) in [4.78, 5) is 0. The average molecular weight is 343 g/mol. The fourth-order valence-electron chi connectivity index (χ4n) is 0. The number of hydrogen-bond acceptors (Lipinski definition) is 0. The Morgan fingerprint density at radius 3 is 0.750 bits per heavy atom. The van der Waals surface area contributed by atoms with Gasteiger partial charge in [-0.1, -0.05) is 0 Å². The van der Waals surface area contributed by atoms with E-state index in [0.717, 1.165) is 0 Å². The van der Waals surface area contributed by atoms with E-state index in [1.165, 1.54) is 0 Å². The van der Waals surface area contributed by atoms with E-state index in [9.17, 15) is 0 Å². The van der Waals surface area contributed by atoms with Crippen molar-refractivity contribution >= 4 is 0 Å². The summed E-state index contributed by atoms with van der Waals surface area (Å²) in [6.45, 7) is 0. The van der Waals surface area contributed by atoms with Gasteiger partial charge in [0.15, 0.2) is 0 Å². The molecule has 0 aliphatic carbocycles. The van der Waals surface area contributed by atoms with E-state index < -0.39 is 0 Å². The molecule has 0 aliphatic heterocycles. The Labute approximate surface area is 80.4 Å². The minimum atomic E-state index is 0.